The number of carbonyl (C=O) groups is 3. The number of rotatable bonds is 10. The van der Waals surface area contributed by atoms with E-state index < -0.39 is 23.5 Å². The molecule has 1 aromatic carbocycles. The number of nitrogens with one attached hydrogen (secondary N) is 1. The van der Waals surface area contributed by atoms with Crippen LogP contribution in [0.15, 0.2) is 36.9 Å². The lowest BCUT2D eigenvalue weighted by Gasteiger charge is -2.37. The summed E-state index contributed by atoms with van der Waals surface area (Å²) in [5.41, 5.74) is -0.382. The largest absolute Gasteiger partial charge is 0.479 e. The van der Waals surface area contributed by atoms with Crippen LogP contribution in [-0.4, -0.2) is 41.8 Å². The van der Waals surface area contributed by atoms with Crippen molar-refractivity contribution in [1.82, 2.24) is 5.32 Å². The summed E-state index contributed by atoms with van der Waals surface area (Å²) in [6, 6.07) is 7.46. The average Bonchev–Trinajstić information content (AvgIpc) is 2.73. The Bertz CT molecular complexity index is 748. The van der Waals surface area contributed by atoms with Gasteiger partial charge in [-0.1, -0.05) is 57.0 Å². The highest BCUT2D eigenvalue weighted by Crippen LogP contribution is 2.30. The van der Waals surface area contributed by atoms with Gasteiger partial charge in [-0.05, 0) is 37.3 Å². The van der Waals surface area contributed by atoms with E-state index in [2.05, 4.69) is 11.9 Å². The lowest BCUT2D eigenvalue weighted by atomic mass is 9.88. The minimum Gasteiger partial charge on any atom is -0.479 e. The number of unbranched alkanes of at least 4 members (excludes halogenated alkanes) is 3. The van der Waals surface area contributed by atoms with Crippen LogP contribution in [0.4, 0.5) is 10.5 Å². The van der Waals surface area contributed by atoms with Crippen molar-refractivity contribution in [2.75, 3.05) is 18.1 Å². The summed E-state index contributed by atoms with van der Waals surface area (Å²) in [5, 5.41) is 12.4. The van der Waals surface area contributed by atoms with Gasteiger partial charge >= 0.3 is 12.1 Å². The van der Waals surface area contributed by atoms with Crippen LogP contribution in [0.25, 0.3) is 0 Å². The Hall–Kier alpha value is -2.83. The van der Waals surface area contributed by atoms with Crippen molar-refractivity contribution in [3.05, 3.63) is 42.5 Å². The molecule has 0 bridgehead atoms. The molecule has 7 nitrogen and oxygen atoms in total. The number of anilines is 1. The zero-order valence-corrected chi connectivity index (χ0v) is 17.0. The molecule has 0 aliphatic carbocycles. The second-order valence-corrected chi connectivity index (χ2v) is 7.22. The molecule has 7 heteroatoms. The van der Waals surface area contributed by atoms with Crippen molar-refractivity contribution in [2.24, 2.45) is 0 Å². The van der Waals surface area contributed by atoms with E-state index in [9.17, 15) is 19.5 Å². The Labute approximate surface area is 171 Å². The Morgan fingerprint density at radius 3 is 2.72 bits per heavy atom. The summed E-state index contributed by atoms with van der Waals surface area (Å²) < 4.78 is 4.93. The number of benzene rings is 1. The fourth-order valence-corrected chi connectivity index (χ4v) is 3.61. The maximum atomic E-state index is 13.6. The average molecular weight is 402 g/mol. The quantitative estimate of drug-likeness (QED) is 0.354. The van der Waals surface area contributed by atoms with E-state index in [-0.39, 0.29) is 13.0 Å². The van der Waals surface area contributed by atoms with Crippen LogP contribution in [0.2, 0.25) is 0 Å². The van der Waals surface area contributed by atoms with E-state index >= 15 is 0 Å². The molecule has 29 heavy (non-hydrogen) atoms. The lowest BCUT2D eigenvalue weighted by Crippen LogP contribution is -2.65. The molecule has 0 fully saturated rings. The third-order valence-corrected chi connectivity index (χ3v) is 5.14. The maximum Gasteiger partial charge on any atom is 0.408 e. The van der Waals surface area contributed by atoms with Gasteiger partial charge < -0.3 is 14.7 Å². The molecule has 0 unspecified atom stereocenters. The molecule has 0 aromatic heterocycles. The number of carboxylic acid groups (broad SMARTS) is 1. The summed E-state index contributed by atoms with van der Waals surface area (Å²) in [4.78, 5) is 39.6. The first-order valence-corrected chi connectivity index (χ1v) is 10.2. The molecule has 2 amide bonds. The lowest BCUT2D eigenvalue weighted by molar-refractivity contribution is -0.150. The highest BCUT2D eigenvalue weighted by Gasteiger charge is 2.50. The van der Waals surface area contributed by atoms with Crippen LogP contribution in [-0.2, 0) is 20.7 Å². The van der Waals surface area contributed by atoms with Gasteiger partial charge in [0.25, 0.3) is 5.91 Å². The number of nitrogens with zero attached hydrogens (tertiary/aromatic N) is 1. The Morgan fingerprint density at radius 2 is 2.03 bits per heavy atom. The SMILES string of the molecule is C=CCOC(=O)N[C@](CCCCCC)(C(=O)O)C(=O)N1CCCc2ccccc21. The van der Waals surface area contributed by atoms with Gasteiger partial charge in [0, 0.05) is 12.2 Å². The van der Waals surface area contributed by atoms with Gasteiger partial charge in [-0.15, -0.1) is 0 Å². The third-order valence-electron chi connectivity index (χ3n) is 5.14. The van der Waals surface area contributed by atoms with E-state index in [1.807, 2.05) is 31.2 Å². The number of alkyl carbamates (subject to hydrolysis) is 1. The second-order valence-electron chi connectivity index (χ2n) is 7.22. The van der Waals surface area contributed by atoms with Crippen molar-refractivity contribution in [3.8, 4) is 0 Å². The van der Waals surface area contributed by atoms with Crippen LogP contribution >= 0.6 is 0 Å². The third kappa shape index (κ3) is 5.37. The number of ether oxygens (including phenoxy) is 1. The molecular weight excluding hydrogens is 372 g/mol. The summed E-state index contributed by atoms with van der Waals surface area (Å²) in [7, 11) is 0. The number of aliphatic carboxylic acids is 1. The molecule has 0 spiro atoms. The number of para-hydroxylation sites is 1. The monoisotopic (exact) mass is 402 g/mol. The van der Waals surface area contributed by atoms with Crippen molar-refractivity contribution in [3.63, 3.8) is 0 Å². The molecule has 0 saturated carbocycles. The minimum atomic E-state index is -2.07. The van der Waals surface area contributed by atoms with E-state index in [0.717, 1.165) is 37.7 Å². The molecule has 1 aliphatic heterocycles. The minimum absolute atomic E-state index is 0.00300. The molecule has 1 atom stereocenters. The normalized spacial score (nSPS) is 15.0. The summed E-state index contributed by atoms with van der Waals surface area (Å²) >= 11 is 0. The van der Waals surface area contributed by atoms with Crippen LogP contribution in [0, 0.1) is 0 Å². The standard InChI is InChI=1S/C22H30N2O5/c1-3-5-6-9-14-22(20(26)27,23-21(28)29-16-4-2)19(25)24-15-10-12-17-11-7-8-13-18(17)24/h4,7-8,11,13H,2-3,5-6,9-10,12,14-16H2,1H3,(H,23,28)(H,26,27)/t22-/m0/s1. The van der Waals surface area contributed by atoms with E-state index in [4.69, 9.17) is 4.74 Å². The second kappa shape index (κ2) is 10.6. The van der Waals surface area contributed by atoms with E-state index in [1.165, 1.54) is 11.0 Å². The van der Waals surface area contributed by atoms with Crippen molar-refractivity contribution in [1.29, 1.82) is 0 Å². The number of carbonyl (C=O) groups excluding carboxylic acids is 2. The fraction of sp³-hybridized carbons (Fsp3) is 0.500. The van der Waals surface area contributed by atoms with Crippen LogP contribution in [0.3, 0.4) is 0 Å². The maximum absolute atomic E-state index is 13.6. The van der Waals surface area contributed by atoms with Gasteiger partial charge in [-0.3, -0.25) is 10.1 Å². The molecule has 2 rings (SSSR count). The molecule has 1 heterocycles. The van der Waals surface area contributed by atoms with Gasteiger partial charge in [0.1, 0.15) is 6.61 Å². The zero-order chi connectivity index (χ0) is 21.3. The fourth-order valence-electron chi connectivity index (χ4n) is 3.61. The molecule has 2 N–H and O–H groups in total. The predicted molar refractivity (Wildman–Crippen MR) is 111 cm³/mol. The zero-order valence-electron chi connectivity index (χ0n) is 17.0. The van der Waals surface area contributed by atoms with Crippen molar-refractivity contribution in [2.45, 2.75) is 57.4 Å². The topological polar surface area (TPSA) is 95.9 Å². The Balaban J connectivity index is 2.36. The number of aryl methyl sites for hydroxylation is 1. The molecular formula is C22H30N2O5. The number of amides is 2. The molecule has 0 saturated heterocycles. The molecule has 1 aromatic rings. The number of carboxylic acids is 1. The summed E-state index contributed by atoms with van der Waals surface area (Å²) in [5.74, 6) is -2.01. The first-order valence-electron chi connectivity index (χ1n) is 10.2. The number of hydrogen-bond acceptors (Lipinski definition) is 4. The van der Waals surface area contributed by atoms with Crippen LogP contribution < -0.4 is 10.2 Å². The van der Waals surface area contributed by atoms with Crippen LogP contribution in [0.1, 0.15) is 51.0 Å². The van der Waals surface area contributed by atoms with Gasteiger partial charge in [-0.25, -0.2) is 9.59 Å². The number of fused-ring (bicyclic) bond motifs is 1. The van der Waals surface area contributed by atoms with Gasteiger partial charge in [0.15, 0.2) is 0 Å². The summed E-state index contributed by atoms with van der Waals surface area (Å²) in [6.07, 6.45) is 5.18. The highest BCUT2D eigenvalue weighted by atomic mass is 16.5. The molecule has 158 valence electrons. The van der Waals surface area contributed by atoms with Gasteiger partial charge in [0.2, 0.25) is 5.54 Å². The molecule has 0 radical (unpaired) electrons. The van der Waals surface area contributed by atoms with E-state index in [0.29, 0.717) is 18.7 Å². The Kier molecular flexibility index (Phi) is 8.24. The van der Waals surface area contributed by atoms with Gasteiger partial charge in [0.05, 0.1) is 0 Å². The Morgan fingerprint density at radius 1 is 1.28 bits per heavy atom. The highest BCUT2D eigenvalue weighted by molar-refractivity contribution is 6.15. The first-order chi connectivity index (χ1) is 14.0. The number of hydrogen-bond donors (Lipinski definition) is 2. The van der Waals surface area contributed by atoms with Gasteiger partial charge in [-0.2, -0.15) is 0 Å². The predicted octanol–water partition coefficient (Wildman–Crippen LogP) is 3.67. The smallest absolute Gasteiger partial charge is 0.408 e. The molecule has 1 aliphatic rings. The first kappa shape index (κ1) is 22.5. The van der Waals surface area contributed by atoms with Crippen LogP contribution in [0.5, 0.6) is 0 Å². The van der Waals surface area contributed by atoms with Crippen molar-refractivity contribution < 1.29 is 24.2 Å². The summed E-state index contributed by atoms with van der Waals surface area (Å²) in [6.45, 7) is 5.85. The van der Waals surface area contributed by atoms with E-state index in [1.54, 1.807) is 0 Å². The van der Waals surface area contributed by atoms with Crippen molar-refractivity contribution >= 4 is 23.7 Å².